The maximum absolute atomic E-state index is 13.7. The fraction of sp³-hybridized carbons (Fsp3) is 1.00. The van der Waals surface area contributed by atoms with Gasteiger partial charge in [0.05, 0.1) is 0 Å². The Morgan fingerprint density at radius 1 is 0.165 bits per heavy atom. The van der Waals surface area contributed by atoms with Crippen LogP contribution in [0.15, 0.2) is 0 Å². The molecule has 0 rings (SSSR count). The molecule has 0 heterocycles. The van der Waals surface area contributed by atoms with Gasteiger partial charge in [-0.3, -0.25) is 0 Å². The summed E-state index contributed by atoms with van der Waals surface area (Å²) in [6.45, 7) is 47.4. The molecule has 0 bridgehead atoms. The first kappa shape index (κ1) is 131. The molecule has 0 saturated heterocycles. The molecule has 16 nitrogen and oxygen atoms in total. The Hall–Kier alpha value is 4.90. The van der Waals surface area contributed by atoms with Gasteiger partial charge >= 0.3 is 593 Å². The third-order valence-electron chi connectivity index (χ3n) is 17.5. The van der Waals surface area contributed by atoms with Gasteiger partial charge in [-0.25, -0.2) is 0 Å². The van der Waals surface area contributed by atoms with Crippen molar-refractivity contribution >= 4 is 0 Å². The van der Waals surface area contributed by atoms with Crippen LogP contribution in [0.4, 0.5) is 0 Å². The Bertz CT molecular complexity index is 1480. The second-order valence-corrected chi connectivity index (χ2v) is 70.5. The van der Waals surface area contributed by atoms with Crippen LogP contribution in [0.5, 0.6) is 0 Å². The zero-order chi connectivity index (χ0) is 77.9. The monoisotopic (exact) mass is 2030 g/mol. The van der Waals surface area contributed by atoms with Gasteiger partial charge in [-0.05, 0) is 0 Å². The molecule has 0 amide bonds. The van der Waals surface area contributed by atoms with Crippen LogP contribution in [-0.2, 0) is 191 Å². The van der Waals surface area contributed by atoms with Crippen LogP contribution in [0.2, 0.25) is 33.0 Å². The van der Waals surface area contributed by atoms with Crippen LogP contribution >= 0.6 is 0 Å². The van der Waals surface area contributed by atoms with Gasteiger partial charge in [0.1, 0.15) is 0 Å². The van der Waals surface area contributed by atoms with Gasteiger partial charge in [-0.15, -0.1) is 26.4 Å². The SMILES string of the molecule is CCCC[O-].CCCC[O-].CCCC[O-].CCCC[O-].CCCC[O][Zr-2](=[O])([CH2]CCC)([CH2]CCC)[O]CCCC.CCCC[O][Zr-2](=[O])([CH2]CCC)([CH2]CCC)[O]CCCC.CCCC[O][Zr-2](=[O])([CH2]CCC)([CH2]CCC)[O]CCCC.CCCC[O][Zr-2](=[O])([CH2]CCC)([CH2]CCC)[O]CCCC.[Zr+4].[Zr+4].[Zr+4]. The molecule has 23 heteroatoms. The van der Waals surface area contributed by atoms with Crippen LogP contribution in [0.3, 0.4) is 0 Å². The summed E-state index contributed by atoms with van der Waals surface area (Å²) in [5.74, 6) is 0. The van der Waals surface area contributed by atoms with Crippen molar-refractivity contribution in [3.05, 3.63) is 0 Å². The van der Waals surface area contributed by atoms with E-state index in [4.69, 9.17) is 22.5 Å². The Morgan fingerprint density at radius 3 is 0.311 bits per heavy atom. The molecule has 0 aromatic heterocycles. The molecule has 0 aromatic rings. The molecule has 0 aliphatic carbocycles. The molecule has 0 N–H and O–H groups in total. The molecule has 0 saturated carbocycles. The molecule has 0 fully saturated rings. The molecule has 0 aliphatic heterocycles. The minimum absolute atomic E-state index is 0. The van der Waals surface area contributed by atoms with Crippen LogP contribution in [0, 0.1) is 0 Å². The molecule has 0 unspecified atom stereocenters. The largest absolute Gasteiger partial charge is 4.00 e. The number of rotatable bonds is 64. The molecule has 0 radical (unpaired) electrons. The number of hydrogen-bond acceptors (Lipinski definition) is 16. The Balaban J connectivity index is -0.000000110. The van der Waals surface area contributed by atoms with E-state index in [0.29, 0.717) is 85.9 Å². The fourth-order valence-corrected chi connectivity index (χ4v) is 51.2. The summed E-state index contributed by atoms with van der Waals surface area (Å²) < 4.78 is 109. The fourth-order valence-electron chi connectivity index (χ4n) is 10.1. The first-order valence-corrected chi connectivity index (χ1v) is 68.8. The molecule has 0 spiro atoms. The van der Waals surface area contributed by atoms with Gasteiger partial charge < -0.3 is 20.4 Å². The van der Waals surface area contributed by atoms with Crippen LogP contribution < -0.4 is 20.4 Å². The molecule has 103 heavy (non-hydrogen) atoms. The van der Waals surface area contributed by atoms with E-state index in [1.54, 1.807) is 0 Å². The average molecular weight is 2040 g/mol. The van der Waals surface area contributed by atoms with E-state index in [0.717, 1.165) is 257 Å². The van der Waals surface area contributed by atoms with Crippen molar-refractivity contribution in [2.24, 2.45) is 0 Å². The predicted octanol–water partition coefficient (Wildman–Crippen LogP) is 24.3. The van der Waals surface area contributed by atoms with E-state index < -0.39 is 78.7 Å². The first-order valence-electron chi connectivity index (χ1n) is 42.9. The maximum atomic E-state index is 13.7. The zero-order valence-corrected chi connectivity index (χ0v) is 89.7. The van der Waals surface area contributed by atoms with E-state index >= 15 is 0 Å². The third-order valence-corrected chi connectivity index (χ3v) is 60.1. The van der Waals surface area contributed by atoms with E-state index in [1.165, 1.54) is 0 Å². The average Bonchev–Trinajstić information content (AvgIpc) is 0.820. The Morgan fingerprint density at radius 2 is 0.252 bits per heavy atom. The number of hydrogen-bond donors (Lipinski definition) is 0. The van der Waals surface area contributed by atoms with Gasteiger partial charge in [0.2, 0.25) is 0 Å². The smallest absolute Gasteiger partial charge is 4.00 e. The topological polar surface area (TPSA) is 234 Å². The van der Waals surface area contributed by atoms with Crippen molar-refractivity contribution in [3.63, 3.8) is 0 Å². The molecular formula is C80H180O16Zr7. The minimum Gasteiger partial charge on any atom is 4.00 e. The predicted molar refractivity (Wildman–Crippen MR) is 406 cm³/mol. The van der Waals surface area contributed by atoms with Crippen LogP contribution in [0.1, 0.15) is 395 Å². The van der Waals surface area contributed by atoms with Crippen molar-refractivity contribution < 1.29 is 211 Å². The second kappa shape index (κ2) is 94.1. The van der Waals surface area contributed by atoms with Crippen molar-refractivity contribution in [2.45, 2.75) is 428 Å². The molecule has 0 aromatic carbocycles. The quantitative estimate of drug-likeness (QED) is 0.0515. The van der Waals surface area contributed by atoms with Crippen LogP contribution in [0.25, 0.3) is 0 Å². The second-order valence-electron chi connectivity index (χ2n) is 28.1. The third kappa shape index (κ3) is 86.1. The Labute approximate surface area is 709 Å². The van der Waals surface area contributed by atoms with E-state index in [1.807, 2.05) is 27.7 Å². The van der Waals surface area contributed by atoms with Crippen molar-refractivity contribution in [3.8, 4) is 0 Å². The summed E-state index contributed by atoms with van der Waals surface area (Å²) in [4.78, 5) is 0. The van der Waals surface area contributed by atoms with E-state index in [-0.39, 0.29) is 105 Å². The summed E-state index contributed by atoms with van der Waals surface area (Å²) in [6.07, 6.45) is 39.8. The first-order chi connectivity index (χ1) is 47.8. The standard InChI is InChI=1S/12C4H9O.8C4H9.4O.7Zr/c12*1-2-3-4-5;8*1-3-4-2;;;;;;;;;;;/h12*2-4H2,1H3;8*1,3-4H2,2H3;;;;;;;;;;;/q12*-1;;;;;;;;;;;;;;;;;3*+4. The van der Waals surface area contributed by atoms with Crippen molar-refractivity contribution in [1.82, 2.24) is 0 Å². The molecule has 624 valence electrons. The van der Waals surface area contributed by atoms with Gasteiger partial charge in [0.25, 0.3) is 0 Å². The van der Waals surface area contributed by atoms with E-state index in [9.17, 15) is 31.7 Å². The molecule has 0 atom stereocenters. The van der Waals surface area contributed by atoms with Crippen molar-refractivity contribution in [1.29, 1.82) is 0 Å². The summed E-state index contributed by atoms with van der Waals surface area (Å²) in [5.41, 5.74) is 0. The summed E-state index contributed by atoms with van der Waals surface area (Å²) in [7, 11) is 0. The van der Waals surface area contributed by atoms with Crippen molar-refractivity contribution in [2.75, 3.05) is 79.3 Å². The van der Waals surface area contributed by atoms with Gasteiger partial charge in [0, 0.05) is 0 Å². The summed E-state index contributed by atoms with van der Waals surface area (Å²) in [5, 5.41) is 38.1. The van der Waals surface area contributed by atoms with Gasteiger partial charge in [-0.2, -0.15) is 0 Å². The maximum Gasteiger partial charge on any atom is 4.00 e. The zero-order valence-electron chi connectivity index (χ0n) is 72.5. The van der Waals surface area contributed by atoms with Gasteiger partial charge in [-0.1, -0.05) is 79.1 Å². The Kier molecular flexibility index (Phi) is 120. The minimum atomic E-state index is -4.65. The summed E-state index contributed by atoms with van der Waals surface area (Å²) >= 11 is -18.6. The molecule has 0 aliphatic rings. The molecular weight excluding hydrogens is 1860 g/mol. The number of unbranched alkanes of at least 4 members (excludes halogenated alkanes) is 20. The summed E-state index contributed by atoms with van der Waals surface area (Å²) in [6, 6.07) is 0. The normalized spacial score (nSPS) is 12.6. The van der Waals surface area contributed by atoms with Crippen LogP contribution in [-0.4, -0.2) is 79.3 Å². The van der Waals surface area contributed by atoms with E-state index in [2.05, 4.69) is 111 Å². The van der Waals surface area contributed by atoms with Gasteiger partial charge in [0.15, 0.2) is 0 Å².